The van der Waals surface area contributed by atoms with E-state index >= 15 is 8.78 Å². The summed E-state index contributed by atoms with van der Waals surface area (Å²) in [6.45, 7) is -0.759. The molecule has 1 amide bonds. The second kappa shape index (κ2) is 9.85. The second-order valence-corrected chi connectivity index (χ2v) is 9.19. The number of nitrogens with one attached hydrogen (secondary N) is 1. The Morgan fingerprint density at radius 3 is 2.63 bits per heavy atom. The van der Waals surface area contributed by atoms with E-state index in [-0.39, 0.29) is 35.2 Å². The number of halogens is 3. The van der Waals surface area contributed by atoms with E-state index in [1.54, 1.807) is 36.4 Å². The molecule has 1 atom stereocenters. The van der Waals surface area contributed by atoms with Crippen molar-refractivity contribution in [1.29, 1.82) is 0 Å². The Balaban J connectivity index is 1.60. The van der Waals surface area contributed by atoms with Crippen molar-refractivity contribution in [2.45, 2.75) is 18.4 Å². The molecule has 1 N–H and O–H groups in total. The number of alkyl halides is 2. The number of aromatic nitrogens is 2. The minimum absolute atomic E-state index is 0.0227. The average molecular weight is 523 g/mol. The molecule has 196 valence electrons. The molecule has 1 aliphatic rings. The van der Waals surface area contributed by atoms with E-state index in [9.17, 15) is 14.0 Å². The molecule has 38 heavy (non-hydrogen) atoms. The first-order valence-electron chi connectivity index (χ1n) is 12.0. The molecule has 1 unspecified atom stereocenters. The second-order valence-electron chi connectivity index (χ2n) is 9.19. The van der Waals surface area contributed by atoms with Crippen LogP contribution in [0.25, 0.3) is 10.8 Å². The Morgan fingerprint density at radius 2 is 1.92 bits per heavy atom. The predicted molar refractivity (Wildman–Crippen MR) is 138 cm³/mol. The van der Waals surface area contributed by atoms with Crippen LogP contribution in [-0.2, 0) is 6.54 Å². The standard InChI is InChI=1S/C28H25F3N4O3/c1-32-26(36)23-13-19(10-11-33-23)34-15-21(28(30,31)16-34)24-12-18-4-3-5-22(29)25(18)27(37)35(24)14-17-6-8-20(38-2)9-7-17/h3-13,21H,14-16H2,1-2H3,(H,32,36). The third-order valence-electron chi connectivity index (χ3n) is 6.86. The lowest BCUT2D eigenvalue weighted by molar-refractivity contribution is 0.00504. The number of benzene rings is 2. The molecule has 0 aliphatic carbocycles. The number of hydrogen-bond acceptors (Lipinski definition) is 5. The van der Waals surface area contributed by atoms with Gasteiger partial charge in [0.15, 0.2) is 0 Å². The fourth-order valence-electron chi connectivity index (χ4n) is 4.90. The van der Waals surface area contributed by atoms with Gasteiger partial charge in [0.1, 0.15) is 17.3 Å². The summed E-state index contributed by atoms with van der Waals surface area (Å²) in [7, 11) is 2.99. The Hall–Kier alpha value is -4.34. The smallest absolute Gasteiger partial charge is 0.275 e. The van der Waals surface area contributed by atoms with Crippen molar-refractivity contribution in [2.24, 2.45) is 0 Å². The van der Waals surface area contributed by atoms with E-state index in [0.717, 1.165) is 0 Å². The van der Waals surface area contributed by atoms with Crippen LogP contribution < -0.4 is 20.5 Å². The first kappa shape index (κ1) is 25.3. The summed E-state index contributed by atoms with van der Waals surface area (Å²) in [5, 5.41) is 2.59. The van der Waals surface area contributed by atoms with E-state index in [2.05, 4.69) is 10.3 Å². The maximum Gasteiger partial charge on any atom is 0.275 e. The van der Waals surface area contributed by atoms with Crippen LogP contribution in [0.2, 0.25) is 0 Å². The monoisotopic (exact) mass is 522 g/mol. The summed E-state index contributed by atoms with van der Waals surface area (Å²) in [5.41, 5.74) is 0.627. The topological polar surface area (TPSA) is 76.5 Å². The number of methoxy groups -OCH3 is 1. The molecule has 1 aliphatic heterocycles. The number of rotatable bonds is 6. The minimum Gasteiger partial charge on any atom is -0.497 e. The van der Waals surface area contributed by atoms with E-state index < -0.39 is 35.7 Å². The van der Waals surface area contributed by atoms with Gasteiger partial charge >= 0.3 is 0 Å². The maximum atomic E-state index is 15.6. The van der Waals surface area contributed by atoms with Crippen LogP contribution in [0.1, 0.15) is 27.7 Å². The molecule has 10 heteroatoms. The van der Waals surface area contributed by atoms with Crippen LogP contribution >= 0.6 is 0 Å². The average Bonchev–Trinajstić information content (AvgIpc) is 3.24. The van der Waals surface area contributed by atoms with Crippen molar-refractivity contribution in [3.8, 4) is 5.75 Å². The molecular weight excluding hydrogens is 497 g/mol. The third-order valence-corrected chi connectivity index (χ3v) is 6.86. The van der Waals surface area contributed by atoms with Gasteiger partial charge < -0.3 is 19.5 Å². The highest BCUT2D eigenvalue weighted by molar-refractivity contribution is 5.92. The minimum atomic E-state index is -3.22. The molecule has 7 nitrogen and oxygen atoms in total. The van der Waals surface area contributed by atoms with E-state index in [4.69, 9.17) is 4.74 Å². The predicted octanol–water partition coefficient (Wildman–Crippen LogP) is 4.19. The van der Waals surface area contributed by atoms with Crippen molar-refractivity contribution in [2.75, 3.05) is 32.1 Å². The molecule has 1 saturated heterocycles. The van der Waals surface area contributed by atoms with Gasteiger partial charge in [-0.25, -0.2) is 13.2 Å². The maximum absolute atomic E-state index is 15.6. The van der Waals surface area contributed by atoms with Gasteiger partial charge in [-0.3, -0.25) is 14.6 Å². The van der Waals surface area contributed by atoms with Gasteiger partial charge in [0.25, 0.3) is 17.4 Å². The van der Waals surface area contributed by atoms with Gasteiger partial charge in [-0.2, -0.15) is 0 Å². The van der Waals surface area contributed by atoms with Crippen LogP contribution in [0.5, 0.6) is 5.75 Å². The zero-order valence-corrected chi connectivity index (χ0v) is 20.7. The largest absolute Gasteiger partial charge is 0.497 e. The molecule has 0 bridgehead atoms. The number of carbonyl (C=O) groups excluding carboxylic acids is 1. The Labute approximate surface area is 216 Å². The molecule has 0 spiro atoms. The number of ether oxygens (including phenoxy) is 1. The summed E-state index contributed by atoms with van der Waals surface area (Å²) in [4.78, 5) is 31.1. The van der Waals surface area contributed by atoms with Crippen molar-refractivity contribution in [3.05, 3.63) is 100.0 Å². The summed E-state index contributed by atoms with van der Waals surface area (Å²) >= 11 is 0. The molecule has 0 radical (unpaired) electrons. The summed E-state index contributed by atoms with van der Waals surface area (Å²) < 4.78 is 52.4. The molecule has 1 fully saturated rings. The zero-order valence-electron chi connectivity index (χ0n) is 20.7. The first-order chi connectivity index (χ1) is 18.2. The van der Waals surface area contributed by atoms with Crippen LogP contribution in [0.4, 0.5) is 18.9 Å². The van der Waals surface area contributed by atoms with Gasteiger partial charge in [0.2, 0.25) is 0 Å². The fourth-order valence-corrected chi connectivity index (χ4v) is 4.90. The fraction of sp³-hybridized carbons (Fsp3) is 0.250. The van der Waals surface area contributed by atoms with Gasteiger partial charge in [-0.1, -0.05) is 24.3 Å². The van der Waals surface area contributed by atoms with Crippen molar-refractivity contribution in [1.82, 2.24) is 14.9 Å². The molecule has 2 aromatic carbocycles. The number of amides is 1. The number of fused-ring (bicyclic) bond motifs is 1. The highest BCUT2D eigenvalue weighted by Gasteiger charge is 2.50. The van der Waals surface area contributed by atoms with Crippen LogP contribution in [0, 0.1) is 5.82 Å². The number of carbonyl (C=O) groups is 1. The number of anilines is 1. The highest BCUT2D eigenvalue weighted by Crippen LogP contribution is 2.42. The number of pyridine rings is 2. The Bertz CT molecular complexity index is 1570. The van der Waals surface area contributed by atoms with Crippen LogP contribution in [0.3, 0.4) is 0 Å². The SMILES string of the molecule is CNC(=O)c1cc(N2CC(c3cc4cccc(F)c4c(=O)n3Cc3ccc(OC)cc3)C(F)(F)C2)ccn1. The highest BCUT2D eigenvalue weighted by atomic mass is 19.3. The van der Waals surface area contributed by atoms with Crippen molar-refractivity contribution >= 4 is 22.4 Å². The lowest BCUT2D eigenvalue weighted by Gasteiger charge is -2.23. The number of hydrogen-bond donors (Lipinski definition) is 1. The van der Waals surface area contributed by atoms with Crippen LogP contribution in [0.15, 0.2) is 71.7 Å². The molecule has 3 heterocycles. The normalized spacial score (nSPS) is 16.6. The van der Waals surface area contributed by atoms with E-state index in [0.29, 0.717) is 17.0 Å². The summed E-state index contributed by atoms with van der Waals surface area (Å²) in [6, 6.07) is 15.6. The number of nitrogens with zero attached hydrogens (tertiary/aromatic N) is 3. The molecule has 0 saturated carbocycles. The van der Waals surface area contributed by atoms with Gasteiger partial charge in [-0.15, -0.1) is 0 Å². The van der Waals surface area contributed by atoms with Gasteiger partial charge in [-0.05, 0) is 47.3 Å². The van der Waals surface area contributed by atoms with Gasteiger partial charge in [0, 0.05) is 31.2 Å². The third kappa shape index (κ3) is 4.57. The lowest BCUT2D eigenvalue weighted by atomic mass is 9.97. The van der Waals surface area contributed by atoms with Crippen molar-refractivity contribution in [3.63, 3.8) is 0 Å². The van der Waals surface area contributed by atoms with E-state index in [1.165, 1.54) is 54.1 Å². The lowest BCUT2D eigenvalue weighted by Crippen LogP contribution is -2.32. The molecule has 2 aromatic heterocycles. The van der Waals surface area contributed by atoms with Gasteiger partial charge in [0.05, 0.1) is 31.5 Å². The molecular formula is C28H25F3N4O3. The van der Waals surface area contributed by atoms with Crippen molar-refractivity contribution < 1.29 is 22.7 Å². The molecule has 5 rings (SSSR count). The molecule has 4 aromatic rings. The zero-order chi connectivity index (χ0) is 27.0. The quantitative estimate of drug-likeness (QED) is 0.411. The summed E-state index contributed by atoms with van der Waals surface area (Å²) in [5.74, 6) is -5.11. The van der Waals surface area contributed by atoms with Crippen LogP contribution in [-0.4, -0.2) is 48.6 Å². The Kier molecular flexibility index (Phi) is 6.56. The first-order valence-corrected chi connectivity index (χ1v) is 12.0. The Morgan fingerprint density at radius 1 is 1.16 bits per heavy atom. The van der Waals surface area contributed by atoms with E-state index in [1.807, 2.05) is 0 Å². The summed E-state index contributed by atoms with van der Waals surface area (Å²) in [6.07, 6.45) is 1.39.